The maximum Gasteiger partial charge on any atom is 0.469 e. The minimum atomic E-state index is -4.78. The molecule has 7 N–H and O–H groups in total. The van der Waals surface area contributed by atoms with Gasteiger partial charge in [-0.15, -0.1) is 0 Å². The predicted octanol–water partition coefficient (Wildman–Crippen LogP) is 1.09. The number of aliphatic imine (C=N–C) groups is 1. The van der Waals surface area contributed by atoms with Crippen LogP contribution >= 0.6 is 7.82 Å². The van der Waals surface area contributed by atoms with Crippen molar-refractivity contribution in [1.29, 1.82) is 0 Å². The highest BCUT2D eigenvalue weighted by Crippen LogP contribution is 2.42. The van der Waals surface area contributed by atoms with Gasteiger partial charge in [0, 0.05) is 6.20 Å². The van der Waals surface area contributed by atoms with E-state index in [-0.39, 0.29) is 5.84 Å². The van der Waals surface area contributed by atoms with Crippen molar-refractivity contribution in [3.05, 3.63) is 12.3 Å². The Morgan fingerprint density at radius 3 is 2.12 bits per heavy atom. The van der Waals surface area contributed by atoms with Crippen molar-refractivity contribution in [3.8, 4) is 0 Å². The lowest BCUT2D eigenvalue weighted by Gasteiger charge is -2.48. The highest BCUT2D eigenvalue weighted by Gasteiger charge is 2.53. The summed E-state index contributed by atoms with van der Waals surface area (Å²) in [6.45, 7) is -0.593. The van der Waals surface area contributed by atoms with Gasteiger partial charge in [-0.1, -0.05) is 57.8 Å². The van der Waals surface area contributed by atoms with E-state index in [0.717, 1.165) is 38.5 Å². The lowest BCUT2D eigenvalue weighted by atomic mass is 9.82. The maximum atomic E-state index is 11.2. The lowest BCUT2D eigenvalue weighted by Crippen LogP contribution is -2.59. The first-order chi connectivity index (χ1) is 15.6. The van der Waals surface area contributed by atoms with Crippen LogP contribution in [0.15, 0.2) is 17.3 Å². The molecular formula is C21H38N3O8P. The second-order valence-electron chi connectivity index (χ2n) is 9.27. The Morgan fingerprint density at radius 1 is 1.03 bits per heavy atom. The molecular weight excluding hydrogens is 453 g/mol. The van der Waals surface area contributed by atoms with Gasteiger partial charge in [0.05, 0.1) is 12.1 Å². The van der Waals surface area contributed by atoms with E-state index >= 15 is 0 Å². The number of hydrogen-bond donors (Lipinski definition) is 6. The zero-order chi connectivity index (χ0) is 24.1. The molecule has 0 aromatic heterocycles. The number of phosphoric ester groups is 1. The van der Waals surface area contributed by atoms with E-state index in [1.807, 2.05) is 0 Å². The molecule has 1 saturated carbocycles. The van der Waals surface area contributed by atoms with Gasteiger partial charge in [-0.25, -0.2) is 9.56 Å². The van der Waals surface area contributed by atoms with Crippen LogP contribution in [0.1, 0.15) is 70.6 Å². The summed E-state index contributed by atoms with van der Waals surface area (Å²) in [7, 11) is -4.78. The molecule has 1 spiro atoms. The summed E-state index contributed by atoms with van der Waals surface area (Å²) in [5.74, 6) is 0.143. The van der Waals surface area contributed by atoms with Crippen LogP contribution in [0.5, 0.6) is 0 Å². The number of nitrogens with zero attached hydrogens (tertiary/aromatic N) is 2. The Kier molecular flexibility index (Phi) is 9.33. The zero-order valence-corrected chi connectivity index (χ0v) is 19.8. The molecule has 0 aromatic carbocycles. The maximum absolute atomic E-state index is 11.2. The van der Waals surface area contributed by atoms with Crippen LogP contribution in [0.2, 0.25) is 0 Å². The van der Waals surface area contributed by atoms with E-state index in [2.05, 4.69) is 9.52 Å². The summed E-state index contributed by atoms with van der Waals surface area (Å²) in [5, 5.41) is 32.6. The first-order valence-corrected chi connectivity index (χ1v) is 13.4. The van der Waals surface area contributed by atoms with Crippen LogP contribution in [0, 0.1) is 0 Å². The summed E-state index contributed by atoms with van der Waals surface area (Å²) in [6.07, 6.45) is 7.58. The highest BCUT2D eigenvalue weighted by atomic mass is 31.2. The number of rotatable bonds is 4. The molecule has 11 nitrogen and oxygen atoms in total. The molecule has 0 amide bonds. The molecule has 0 radical (unpaired) electrons. The van der Waals surface area contributed by atoms with Crippen LogP contribution < -0.4 is 5.73 Å². The van der Waals surface area contributed by atoms with Crippen LogP contribution in [0.3, 0.4) is 0 Å². The second-order valence-corrected chi connectivity index (χ2v) is 10.5. The van der Waals surface area contributed by atoms with Gasteiger partial charge in [-0.2, -0.15) is 0 Å². The minimum absolute atomic E-state index is 0.143. The van der Waals surface area contributed by atoms with Gasteiger partial charge in [-0.3, -0.25) is 4.52 Å². The van der Waals surface area contributed by atoms with Gasteiger partial charge in [-0.05, 0) is 18.9 Å². The molecule has 2 aliphatic heterocycles. The van der Waals surface area contributed by atoms with Gasteiger partial charge in [0.25, 0.3) is 0 Å². The van der Waals surface area contributed by atoms with Gasteiger partial charge in [0.1, 0.15) is 24.1 Å². The van der Waals surface area contributed by atoms with Crippen LogP contribution in [0.4, 0.5) is 0 Å². The summed E-state index contributed by atoms with van der Waals surface area (Å²) >= 11 is 0. The molecule has 12 heteroatoms. The number of phosphoric acid groups is 1. The zero-order valence-electron chi connectivity index (χ0n) is 18.9. The molecule has 1 aliphatic carbocycles. The van der Waals surface area contributed by atoms with Gasteiger partial charge in [0.2, 0.25) is 0 Å². The quantitative estimate of drug-likeness (QED) is 0.312. The Balaban J connectivity index is 1.88. The van der Waals surface area contributed by atoms with Crippen LogP contribution in [0.25, 0.3) is 0 Å². The van der Waals surface area contributed by atoms with E-state index in [1.54, 1.807) is 11.1 Å². The summed E-state index contributed by atoms with van der Waals surface area (Å²) in [6, 6.07) is 0. The third-order valence-electron chi connectivity index (χ3n) is 6.91. The molecule has 0 aromatic rings. The molecule has 3 rings (SSSR count). The molecule has 0 bridgehead atoms. The number of ether oxygens (including phenoxy) is 1. The average Bonchev–Trinajstić information content (AvgIpc) is 2.94. The SMILES string of the molecule is NC1=NC(O)C2(CCCCCCCCCCC2)N(C2OC(COP(=O)(O)O)C(O)C2O)C=C1. The smallest absolute Gasteiger partial charge is 0.387 e. The van der Waals surface area contributed by atoms with Crippen molar-refractivity contribution in [3.63, 3.8) is 0 Å². The summed E-state index contributed by atoms with van der Waals surface area (Å²) in [5.41, 5.74) is 5.03. The van der Waals surface area contributed by atoms with Crippen molar-refractivity contribution < 1.29 is 38.9 Å². The van der Waals surface area contributed by atoms with Gasteiger partial charge < -0.3 is 40.5 Å². The normalized spacial score (nSPS) is 34.4. The number of amidine groups is 1. The van der Waals surface area contributed by atoms with E-state index in [9.17, 15) is 19.9 Å². The first kappa shape index (κ1) is 26.6. The predicted molar refractivity (Wildman–Crippen MR) is 121 cm³/mol. The second kappa shape index (κ2) is 11.6. The number of hydrogen-bond acceptors (Lipinski definition) is 9. The van der Waals surface area contributed by atoms with Gasteiger partial charge >= 0.3 is 7.82 Å². The van der Waals surface area contributed by atoms with Crippen LogP contribution in [-0.2, 0) is 13.8 Å². The monoisotopic (exact) mass is 491 g/mol. The minimum Gasteiger partial charge on any atom is -0.387 e. The van der Waals surface area contributed by atoms with Crippen molar-refractivity contribution in [2.75, 3.05) is 6.61 Å². The van der Waals surface area contributed by atoms with Crippen molar-refractivity contribution in [2.45, 2.75) is 107 Å². The number of nitrogens with two attached hydrogens (primary N) is 1. The molecule has 1 saturated heterocycles. The molecule has 2 heterocycles. The molecule has 2 fully saturated rings. The molecule has 3 aliphatic rings. The van der Waals surface area contributed by atoms with E-state index in [4.69, 9.17) is 20.3 Å². The molecule has 5 atom stereocenters. The highest BCUT2D eigenvalue weighted by molar-refractivity contribution is 7.46. The fourth-order valence-electron chi connectivity index (χ4n) is 5.09. The van der Waals surface area contributed by atoms with E-state index < -0.39 is 50.7 Å². The third-order valence-corrected chi connectivity index (χ3v) is 7.40. The van der Waals surface area contributed by atoms with Crippen LogP contribution in [-0.4, -0.2) is 78.8 Å². The largest absolute Gasteiger partial charge is 0.469 e. The summed E-state index contributed by atoms with van der Waals surface area (Å²) < 4.78 is 21.5. The van der Waals surface area contributed by atoms with Crippen molar-refractivity contribution in [2.24, 2.45) is 10.7 Å². The molecule has 33 heavy (non-hydrogen) atoms. The Morgan fingerprint density at radius 2 is 1.58 bits per heavy atom. The van der Waals surface area contributed by atoms with E-state index in [1.165, 1.54) is 25.3 Å². The fraction of sp³-hybridized carbons (Fsp3) is 0.857. The third kappa shape index (κ3) is 6.76. The molecule has 190 valence electrons. The Hall–Kier alpha value is -1.04. The average molecular weight is 492 g/mol. The topological polar surface area (TPSA) is 178 Å². The van der Waals surface area contributed by atoms with Crippen molar-refractivity contribution in [1.82, 2.24) is 4.90 Å². The number of aliphatic hydroxyl groups excluding tert-OH is 3. The Bertz CT molecular complexity index is 733. The number of aliphatic hydroxyl groups is 3. The lowest BCUT2D eigenvalue weighted by molar-refractivity contribution is -0.144. The fourth-order valence-corrected chi connectivity index (χ4v) is 5.43. The standard InChI is InChI=1S/C21H38N3O8P/c22-16-10-13-24(19-18(26)17(25)15(32-19)14-31-33(28,29)30)21(20(27)23-16)11-8-6-4-2-1-3-5-7-9-12-21/h10,13,15,17-20,25-27H,1-9,11-12,14H2,(H2,22,23)(H2,28,29,30). The van der Waals surface area contributed by atoms with Gasteiger partial charge in [0.15, 0.2) is 12.5 Å². The van der Waals surface area contributed by atoms with Crippen molar-refractivity contribution >= 4 is 13.7 Å². The molecule has 5 unspecified atom stereocenters. The summed E-state index contributed by atoms with van der Waals surface area (Å²) in [4.78, 5) is 24.0. The first-order valence-electron chi connectivity index (χ1n) is 11.8. The Labute approximate surface area is 194 Å². The van der Waals surface area contributed by atoms with E-state index in [0.29, 0.717) is 12.8 Å².